The molecule has 88 valence electrons. The van der Waals surface area contributed by atoms with Crippen LogP contribution in [0.3, 0.4) is 0 Å². The molecular weight excluding hydrogens is 212 g/mol. The maximum absolute atomic E-state index is 11.9. The third-order valence-corrected chi connectivity index (χ3v) is 5.68. The van der Waals surface area contributed by atoms with Gasteiger partial charge in [-0.25, -0.2) is 8.42 Å². The fourth-order valence-corrected chi connectivity index (χ4v) is 4.44. The van der Waals surface area contributed by atoms with Crippen molar-refractivity contribution in [2.45, 2.75) is 26.3 Å². The molecule has 0 aromatic rings. The number of nitrogens with one attached hydrogen (secondary N) is 1. The molecule has 2 fully saturated rings. The molecule has 0 saturated carbocycles. The topological polar surface area (TPSA) is 49.4 Å². The Bertz CT molecular complexity index is 328. The van der Waals surface area contributed by atoms with E-state index in [1.807, 2.05) is 0 Å². The normalized spacial score (nSPS) is 37.1. The summed E-state index contributed by atoms with van der Waals surface area (Å²) in [5.74, 6) is 1.31. The molecule has 4 nitrogen and oxygen atoms in total. The largest absolute Gasteiger partial charge is 0.316 e. The Balaban J connectivity index is 2.21. The Labute approximate surface area is 92.1 Å². The van der Waals surface area contributed by atoms with Crippen LogP contribution in [0.1, 0.15) is 20.3 Å². The van der Waals surface area contributed by atoms with Crippen molar-refractivity contribution in [3.63, 3.8) is 0 Å². The van der Waals surface area contributed by atoms with Gasteiger partial charge >= 0.3 is 0 Å². The highest BCUT2D eigenvalue weighted by Gasteiger charge is 2.47. The second-order valence-electron chi connectivity index (χ2n) is 4.53. The van der Waals surface area contributed by atoms with Gasteiger partial charge in [0.15, 0.2) is 0 Å². The summed E-state index contributed by atoms with van der Waals surface area (Å²) in [6.45, 7) is 6.51. The quantitative estimate of drug-likeness (QED) is 0.759. The van der Waals surface area contributed by atoms with Gasteiger partial charge in [0.05, 0.1) is 5.75 Å². The van der Waals surface area contributed by atoms with Crippen molar-refractivity contribution in [3.05, 3.63) is 0 Å². The molecule has 2 aliphatic heterocycles. The van der Waals surface area contributed by atoms with Gasteiger partial charge in [-0.2, -0.15) is 4.31 Å². The minimum atomic E-state index is -3.00. The third-order valence-electron chi connectivity index (χ3n) is 3.81. The van der Waals surface area contributed by atoms with Crippen LogP contribution in [0.25, 0.3) is 0 Å². The van der Waals surface area contributed by atoms with Gasteiger partial charge < -0.3 is 5.32 Å². The number of fused-ring (bicyclic) bond motifs is 1. The fraction of sp³-hybridized carbons (Fsp3) is 1.00. The monoisotopic (exact) mass is 232 g/mol. The Morgan fingerprint density at radius 3 is 2.67 bits per heavy atom. The minimum Gasteiger partial charge on any atom is -0.316 e. The van der Waals surface area contributed by atoms with E-state index < -0.39 is 10.0 Å². The summed E-state index contributed by atoms with van der Waals surface area (Å²) in [6, 6.07) is 0.231. The highest BCUT2D eigenvalue weighted by molar-refractivity contribution is 7.89. The summed E-state index contributed by atoms with van der Waals surface area (Å²) in [7, 11) is -3.00. The molecule has 0 bridgehead atoms. The fourth-order valence-electron chi connectivity index (χ4n) is 2.98. The Morgan fingerprint density at radius 1 is 1.33 bits per heavy atom. The number of nitrogens with zero attached hydrogens (tertiary/aromatic N) is 1. The lowest BCUT2D eigenvalue weighted by atomic mass is 9.93. The molecule has 0 aliphatic carbocycles. The van der Waals surface area contributed by atoms with E-state index in [0.717, 1.165) is 26.1 Å². The molecule has 3 unspecified atom stereocenters. The van der Waals surface area contributed by atoms with Crippen LogP contribution in [0.2, 0.25) is 0 Å². The standard InChI is InChI=1S/C10H20N2O2S/c1-3-10-9-6-11-5-8(9)7-12(10)15(13,14)4-2/h8-11H,3-7H2,1-2H3. The molecule has 2 heterocycles. The predicted molar refractivity (Wildman–Crippen MR) is 60.1 cm³/mol. The van der Waals surface area contributed by atoms with Gasteiger partial charge in [0.25, 0.3) is 0 Å². The lowest BCUT2D eigenvalue weighted by molar-refractivity contribution is 0.329. The molecule has 3 atom stereocenters. The van der Waals surface area contributed by atoms with Crippen molar-refractivity contribution in [1.82, 2.24) is 9.62 Å². The van der Waals surface area contributed by atoms with Crippen LogP contribution in [0.5, 0.6) is 0 Å². The first-order valence-electron chi connectivity index (χ1n) is 5.80. The van der Waals surface area contributed by atoms with Crippen molar-refractivity contribution in [1.29, 1.82) is 0 Å². The zero-order valence-electron chi connectivity index (χ0n) is 9.44. The van der Waals surface area contributed by atoms with Gasteiger partial charge in [-0.1, -0.05) is 6.92 Å². The van der Waals surface area contributed by atoms with E-state index >= 15 is 0 Å². The van der Waals surface area contributed by atoms with E-state index in [4.69, 9.17) is 0 Å². The number of hydrogen-bond acceptors (Lipinski definition) is 3. The van der Waals surface area contributed by atoms with E-state index in [1.54, 1.807) is 11.2 Å². The van der Waals surface area contributed by atoms with Crippen molar-refractivity contribution < 1.29 is 8.42 Å². The molecule has 0 spiro atoms. The van der Waals surface area contributed by atoms with Gasteiger partial charge in [0, 0.05) is 12.6 Å². The van der Waals surface area contributed by atoms with Crippen molar-refractivity contribution in [3.8, 4) is 0 Å². The number of hydrogen-bond donors (Lipinski definition) is 1. The van der Waals surface area contributed by atoms with Crippen LogP contribution in [-0.4, -0.2) is 44.2 Å². The molecule has 0 aromatic carbocycles. The Kier molecular flexibility index (Phi) is 3.05. The lowest BCUT2D eigenvalue weighted by Crippen LogP contribution is -2.40. The van der Waals surface area contributed by atoms with Crippen LogP contribution in [0.4, 0.5) is 0 Å². The van der Waals surface area contributed by atoms with Crippen molar-refractivity contribution in [2.75, 3.05) is 25.4 Å². The Hall–Kier alpha value is -0.130. The lowest BCUT2D eigenvalue weighted by Gasteiger charge is -2.25. The van der Waals surface area contributed by atoms with E-state index in [-0.39, 0.29) is 11.8 Å². The molecule has 5 heteroatoms. The van der Waals surface area contributed by atoms with Gasteiger partial charge in [0.1, 0.15) is 0 Å². The number of sulfonamides is 1. The highest BCUT2D eigenvalue weighted by Crippen LogP contribution is 2.35. The van der Waals surface area contributed by atoms with Crippen LogP contribution < -0.4 is 5.32 Å². The molecule has 0 amide bonds. The second-order valence-corrected chi connectivity index (χ2v) is 6.74. The average molecular weight is 232 g/mol. The molecule has 2 aliphatic rings. The summed E-state index contributed by atoms with van der Waals surface area (Å²) in [5, 5.41) is 3.36. The van der Waals surface area contributed by atoms with Gasteiger partial charge in [-0.05, 0) is 38.3 Å². The maximum Gasteiger partial charge on any atom is 0.214 e. The van der Waals surface area contributed by atoms with Crippen molar-refractivity contribution >= 4 is 10.0 Å². The van der Waals surface area contributed by atoms with E-state index in [2.05, 4.69) is 12.2 Å². The van der Waals surface area contributed by atoms with E-state index in [0.29, 0.717) is 11.8 Å². The third kappa shape index (κ3) is 1.81. The van der Waals surface area contributed by atoms with Crippen LogP contribution >= 0.6 is 0 Å². The molecule has 2 rings (SSSR count). The first-order chi connectivity index (χ1) is 7.10. The zero-order chi connectivity index (χ0) is 11.1. The molecule has 0 aromatic heterocycles. The first-order valence-corrected chi connectivity index (χ1v) is 7.41. The van der Waals surface area contributed by atoms with Crippen LogP contribution in [0.15, 0.2) is 0 Å². The minimum absolute atomic E-state index is 0.231. The summed E-state index contributed by atoms with van der Waals surface area (Å²) in [5.41, 5.74) is 0. The van der Waals surface area contributed by atoms with Crippen LogP contribution in [0, 0.1) is 11.8 Å². The maximum atomic E-state index is 11.9. The zero-order valence-corrected chi connectivity index (χ0v) is 10.3. The summed E-state index contributed by atoms with van der Waals surface area (Å²) >= 11 is 0. The van der Waals surface area contributed by atoms with Crippen molar-refractivity contribution in [2.24, 2.45) is 11.8 Å². The van der Waals surface area contributed by atoms with Gasteiger partial charge in [0.2, 0.25) is 10.0 Å². The molecule has 2 saturated heterocycles. The van der Waals surface area contributed by atoms with Gasteiger partial charge in [-0.3, -0.25) is 0 Å². The molecule has 15 heavy (non-hydrogen) atoms. The predicted octanol–water partition coefficient (Wildman–Crippen LogP) is 0.266. The average Bonchev–Trinajstić information content (AvgIpc) is 2.76. The van der Waals surface area contributed by atoms with E-state index in [9.17, 15) is 8.42 Å². The SMILES string of the molecule is CCC1C2CNCC2CN1S(=O)(=O)CC. The smallest absolute Gasteiger partial charge is 0.214 e. The highest BCUT2D eigenvalue weighted by atomic mass is 32.2. The van der Waals surface area contributed by atoms with E-state index in [1.165, 1.54) is 0 Å². The first kappa shape index (κ1) is 11.4. The molecule has 0 radical (unpaired) electrons. The second kappa shape index (κ2) is 4.03. The molecular formula is C10H20N2O2S. The summed E-state index contributed by atoms with van der Waals surface area (Å²) < 4.78 is 25.6. The number of rotatable bonds is 3. The Morgan fingerprint density at radius 2 is 2.07 bits per heavy atom. The van der Waals surface area contributed by atoms with Gasteiger partial charge in [-0.15, -0.1) is 0 Å². The summed E-state index contributed by atoms with van der Waals surface area (Å²) in [6.07, 6.45) is 0.933. The summed E-state index contributed by atoms with van der Waals surface area (Å²) in [4.78, 5) is 0. The van der Waals surface area contributed by atoms with Crippen LogP contribution in [-0.2, 0) is 10.0 Å². The molecule has 1 N–H and O–H groups in total.